The van der Waals surface area contributed by atoms with Gasteiger partial charge in [0.25, 0.3) is 0 Å². The molecule has 0 radical (unpaired) electrons. The number of rotatable bonds is 6. The van der Waals surface area contributed by atoms with E-state index in [1.165, 1.54) is 0 Å². The van der Waals surface area contributed by atoms with E-state index in [1.54, 1.807) is 25.1 Å². The van der Waals surface area contributed by atoms with Gasteiger partial charge in [0.1, 0.15) is 4.90 Å². The molecule has 0 unspecified atom stereocenters. The molecule has 5 nitrogen and oxygen atoms in total. The summed E-state index contributed by atoms with van der Waals surface area (Å²) in [5.41, 5.74) is 6.58. The van der Waals surface area contributed by atoms with Crippen LogP contribution in [0.2, 0.25) is 0 Å². The summed E-state index contributed by atoms with van der Waals surface area (Å²) in [5.74, 6) is 0. The molecular weight excluding hydrogens is 240 g/mol. The van der Waals surface area contributed by atoms with Crippen molar-refractivity contribution in [2.45, 2.75) is 18.7 Å². The van der Waals surface area contributed by atoms with E-state index >= 15 is 0 Å². The lowest BCUT2D eigenvalue weighted by Crippen LogP contribution is -2.28. The van der Waals surface area contributed by atoms with Crippen LogP contribution in [0.25, 0.3) is 0 Å². The highest BCUT2D eigenvalue weighted by atomic mass is 32.2. The summed E-state index contributed by atoms with van der Waals surface area (Å²) in [6.07, 6.45) is 0. The van der Waals surface area contributed by atoms with Crippen LogP contribution in [0, 0.1) is 6.92 Å². The minimum Gasteiger partial charge on any atom is -0.398 e. The fourth-order valence-corrected chi connectivity index (χ4v) is 2.87. The zero-order chi connectivity index (χ0) is 12.9. The zero-order valence-corrected chi connectivity index (χ0v) is 10.9. The number of benzene rings is 1. The molecule has 1 aromatic rings. The standard InChI is InChI=1S/C11H18N2O3S/c1-3-16-8-7-13-17(14,15)11-9(2)5-4-6-10(11)12/h4-6,13H,3,7-8,12H2,1-2H3. The van der Waals surface area contributed by atoms with Gasteiger partial charge in [-0.25, -0.2) is 13.1 Å². The number of nitrogen functional groups attached to an aromatic ring is 1. The van der Waals surface area contributed by atoms with Gasteiger partial charge in [0.15, 0.2) is 0 Å². The first-order chi connectivity index (χ1) is 7.99. The van der Waals surface area contributed by atoms with Crippen molar-refractivity contribution in [3.05, 3.63) is 23.8 Å². The summed E-state index contributed by atoms with van der Waals surface area (Å²) in [5, 5.41) is 0. The van der Waals surface area contributed by atoms with Gasteiger partial charge in [-0.2, -0.15) is 0 Å². The van der Waals surface area contributed by atoms with Crippen molar-refractivity contribution in [3.63, 3.8) is 0 Å². The van der Waals surface area contributed by atoms with E-state index in [-0.39, 0.29) is 17.1 Å². The normalized spacial score (nSPS) is 11.6. The molecule has 3 N–H and O–H groups in total. The molecule has 0 bridgehead atoms. The number of anilines is 1. The molecule has 0 spiro atoms. The van der Waals surface area contributed by atoms with Crippen LogP contribution in [0.5, 0.6) is 0 Å². The highest BCUT2D eigenvalue weighted by Gasteiger charge is 2.18. The van der Waals surface area contributed by atoms with E-state index in [0.717, 1.165) is 0 Å². The topological polar surface area (TPSA) is 81.4 Å². The molecule has 0 saturated heterocycles. The third-order valence-corrected chi connectivity index (χ3v) is 3.93. The summed E-state index contributed by atoms with van der Waals surface area (Å²) in [6.45, 7) is 4.72. The lowest BCUT2D eigenvalue weighted by molar-refractivity contribution is 0.153. The molecule has 96 valence electrons. The van der Waals surface area contributed by atoms with Crippen molar-refractivity contribution < 1.29 is 13.2 Å². The monoisotopic (exact) mass is 258 g/mol. The van der Waals surface area contributed by atoms with E-state index in [9.17, 15) is 8.42 Å². The summed E-state index contributed by atoms with van der Waals surface area (Å²) in [6, 6.07) is 5.02. The van der Waals surface area contributed by atoms with Crippen molar-refractivity contribution in [2.75, 3.05) is 25.5 Å². The van der Waals surface area contributed by atoms with Crippen LogP contribution in [0.3, 0.4) is 0 Å². The fraction of sp³-hybridized carbons (Fsp3) is 0.455. The van der Waals surface area contributed by atoms with Gasteiger partial charge in [-0.05, 0) is 25.5 Å². The Morgan fingerprint density at radius 1 is 1.41 bits per heavy atom. The largest absolute Gasteiger partial charge is 0.398 e. The molecule has 0 amide bonds. The molecule has 0 aromatic heterocycles. The van der Waals surface area contributed by atoms with Crippen LogP contribution in [-0.4, -0.2) is 28.2 Å². The van der Waals surface area contributed by atoms with Crippen LogP contribution < -0.4 is 10.5 Å². The average molecular weight is 258 g/mol. The Hall–Kier alpha value is -1.11. The Morgan fingerprint density at radius 2 is 2.12 bits per heavy atom. The average Bonchev–Trinajstić information content (AvgIpc) is 2.24. The van der Waals surface area contributed by atoms with Gasteiger partial charge in [-0.3, -0.25) is 0 Å². The molecule has 1 rings (SSSR count). The first-order valence-electron chi connectivity index (χ1n) is 5.41. The van der Waals surface area contributed by atoms with E-state index < -0.39 is 10.0 Å². The molecule has 0 aliphatic rings. The zero-order valence-electron chi connectivity index (χ0n) is 10.1. The Balaban J connectivity index is 2.83. The molecular formula is C11H18N2O3S. The molecule has 6 heteroatoms. The molecule has 1 aromatic carbocycles. The third kappa shape index (κ3) is 3.69. The highest BCUT2D eigenvalue weighted by Crippen LogP contribution is 2.21. The van der Waals surface area contributed by atoms with Crippen molar-refractivity contribution >= 4 is 15.7 Å². The Bertz CT molecular complexity index is 451. The summed E-state index contributed by atoms with van der Waals surface area (Å²) in [4.78, 5) is 0.150. The molecule has 0 saturated carbocycles. The first kappa shape index (κ1) is 14.0. The number of ether oxygens (including phenoxy) is 1. The van der Waals surface area contributed by atoms with Gasteiger partial charge in [0.05, 0.1) is 12.3 Å². The van der Waals surface area contributed by atoms with Gasteiger partial charge >= 0.3 is 0 Å². The number of nitrogens with one attached hydrogen (secondary N) is 1. The van der Waals surface area contributed by atoms with Crippen molar-refractivity contribution in [3.8, 4) is 0 Å². The van der Waals surface area contributed by atoms with E-state index in [0.29, 0.717) is 18.8 Å². The molecule has 0 fully saturated rings. The number of nitrogens with two attached hydrogens (primary N) is 1. The molecule has 0 heterocycles. The van der Waals surface area contributed by atoms with Gasteiger partial charge in [-0.1, -0.05) is 12.1 Å². The Labute approximate surface area is 102 Å². The van der Waals surface area contributed by atoms with Crippen molar-refractivity contribution in [2.24, 2.45) is 0 Å². The van der Waals surface area contributed by atoms with E-state index in [2.05, 4.69) is 4.72 Å². The smallest absolute Gasteiger partial charge is 0.242 e. The van der Waals surface area contributed by atoms with Crippen LogP contribution in [0.1, 0.15) is 12.5 Å². The maximum absolute atomic E-state index is 12.0. The van der Waals surface area contributed by atoms with Crippen molar-refractivity contribution in [1.82, 2.24) is 4.72 Å². The van der Waals surface area contributed by atoms with Gasteiger partial charge in [-0.15, -0.1) is 0 Å². The van der Waals surface area contributed by atoms with Gasteiger partial charge in [0.2, 0.25) is 10.0 Å². The SMILES string of the molecule is CCOCCNS(=O)(=O)c1c(C)cccc1N. The van der Waals surface area contributed by atoms with Gasteiger partial charge < -0.3 is 10.5 Å². The number of hydrogen-bond donors (Lipinski definition) is 2. The second kappa shape index (κ2) is 6.00. The van der Waals surface area contributed by atoms with Crippen molar-refractivity contribution in [1.29, 1.82) is 0 Å². The quantitative estimate of drug-likeness (QED) is 0.586. The van der Waals surface area contributed by atoms with Crippen LogP contribution in [0.4, 0.5) is 5.69 Å². The Kier molecular flexibility index (Phi) is 4.92. The third-order valence-electron chi connectivity index (χ3n) is 2.25. The highest BCUT2D eigenvalue weighted by molar-refractivity contribution is 7.89. The van der Waals surface area contributed by atoms with Gasteiger partial charge in [0, 0.05) is 13.2 Å². The van der Waals surface area contributed by atoms with Crippen LogP contribution >= 0.6 is 0 Å². The predicted octanol–water partition coefficient (Wildman–Crippen LogP) is 0.892. The summed E-state index contributed by atoms with van der Waals surface area (Å²) in [7, 11) is -3.56. The maximum Gasteiger partial charge on any atom is 0.242 e. The minimum absolute atomic E-state index is 0.150. The number of hydrogen-bond acceptors (Lipinski definition) is 4. The second-order valence-electron chi connectivity index (χ2n) is 3.59. The lowest BCUT2D eigenvalue weighted by Gasteiger charge is -2.11. The van der Waals surface area contributed by atoms with Crippen LogP contribution in [0.15, 0.2) is 23.1 Å². The summed E-state index contributed by atoms with van der Waals surface area (Å²) >= 11 is 0. The maximum atomic E-state index is 12.0. The predicted molar refractivity (Wildman–Crippen MR) is 67.3 cm³/mol. The molecule has 0 atom stereocenters. The second-order valence-corrected chi connectivity index (χ2v) is 5.29. The lowest BCUT2D eigenvalue weighted by atomic mass is 10.2. The first-order valence-corrected chi connectivity index (χ1v) is 6.90. The summed E-state index contributed by atoms with van der Waals surface area (Å²) < 4.78 is 31.5. The Morgan fingerprint density at radius 3 is 2.71 bits per heavy atom. The molecule has 0 aliphatic heterocycles. The van der Waals surface area contributed by atoms with Crippen LogP contribution in [-0.2, 0) is 14.8 Å². The minimum atomic E-state index is -3.56. The fourth-order valence-electron chi connectivity index (χ4n) is 1.51. The number of aryl methyl sites for hydroxylation is 1. The number of sulfonamides is 1. The van der Waals surface area contributed by atoms with E-state index in [4.69, 9.17) is 10.5 Å². The molecule has 0 aliphatic carbocycles. The van der Waals surface area contributed by atoms with E-state index in [1.807, 2.05) is 6.92 Å². The molecule has 17 heavy (non-hydrogen) atoms.